The van der Waals surface area contributed by atoms with Crippen LogP contribution in [0.4, 0.5) is 0 Å². The van der Waals surface area contributed by atoms with Crippen molar-refractivity contribution in [3.05, 3.63) is 35.4 Å². The van der Waals surface area contributed by atoms with Crippen LogP contribution in [0, 0.1) is 0 Å². The van der Waals surface area contributed by atoms with Gasteiger partial charge in [-0.2, -0.15) is 0 Å². The molecule has 0 saturated heterocycles. The minimum Gasteiger partial charge on any atom is -2.00 e. The second kappa shape index (κ2) is 11.9. The standard InChI is InChI=1S/C12H14O4.2O.Ti/c1-3-15-11(13)9-7-5-6-8-10(9)12(14)16-4-2;;;/h5-8H,3-4H2,1-2H3;;;/q;2*-2;+4. The Morgan fingerprint density at radius 2 is 1.21 bits per heavy atom. The zero-order chi connectivity index (χ0) is 12.0. The molecule has 1 aromatic rings. The third-order valence-corrected chi connectivity index (χ3v) is 1.92. The van der Waals surface area contributed by atoms with E-state index in [1.165, 1.54) is 0 Å². The summed E-state index contributed by atoms with van der Waals surface area (Å²) in [5.41, 5.74) is 0.477. The van der Waals surface area contributed by atoms with Crippen LogP contribution in [-0.2, 0) is 42.1 Å². The summed E-state index contributed by atoms with van der Waals surface area (Å²) in [7, 11) is 0. The third kappa shape index (κ3) is 6.49. The van der Waals surface area contributed by atoms with Crippen LogP contribution in [0.2, 0.25) is 0 Å². The molecule has 0 heterocycles. The number of esters is 2. The van der Waals surface area contributed by atoms with E-state index in [9.17, 15) is 9.59 Å². The summed E-state index contributed by atoms with van der Waals surface area (Å²) in [5.74, 6) is -1.02. The summed E-state index contributed by atoms with van der Waals surface area (Å²) < 4.78 is 9.70. The van der Waals surface area contributed by atoms with E-state index < -0.39 is 11.9 Å². The van der Waals surface area contributed by atoms with Crippen LogP contribution < -0.4 is 0 Å². The van der Waals surface area contributed by atoms with Crippen LogP contribution in [0.25, 0.3) is 0 Å². The summed E-state index contributed by atoms with van der Waals surface area (Å²) in [6, 6.07) is 6.44. The zero-order valence-electron chi connectivity index (χ0n) is 10.7. The Bertz CT molecular complexity index is 357. The van der Waals surface area contributed by atoms with Crippen molar-refractivity contribution in [1.29, 1.82) is 0 Å². The van der Waals surface area contributed by atoms with Crippen molar-refractivity contribution in [3.8, 4) is 0 Å². The smallest absolute Gasteiger partial charge is 2.00 e. The van der Waals surface area contributed by atoms with Gasteiger partial charge in [0.05, 0.1) is 24.3 Å². The van der Waals surface area contributed by atoms with Gasteiger partial charge in [0.15, 0.2) is 0 Å². The number of ether oxygens (including phenoxy) is 2. The minimum absolute atomic E-state index is 0. The van der Waals surface area contributed by atoms with Crippen molar-refractivity contribution in [2.45, 2.75) is 13.8 Å². The first-order valence-corrected chi connectivity index (χ1v) is 5.14. The van der Waals surface area contributed by atoms with Gasteiger partial charge in [0, 0.05) is 0 Å². The van der Waals surface area contributed by atoms with Gasteiger partial charge < -0.3 is 20.4 Å². The summed E-state index contributed by atoms with van der Waals surface area (Å²) in [6.45, 7) is 3.97. The molecule has 0 aliphatic heterocycles. The molecule has 0 aliphatic carbocycles. The number of hydrogen-bond acceptors (Lipinski definition) is 4. The van der Waals surface area contributed by atoms with E-state index in [0.29, 0.717) is 0 Å². The van der Waals surface area contributed by atoms with Crippen molar-refractivity contribution in [3.63, 3.8) is 0 Å². The molecule has 102 valence electrons. The molecule has 1 rings (SSSR count). The first-order valence-electron chi connectivity index (χ1n) is 5.14. The Balaban J connectivity index is -0.000000853. The quantitative estimate of drug-likeness (QED) is 0.623. The molecule has 0 saturated carbocycles. The second-order valence-electron chi connectivity index (χ2n) is 2.99. The number of carbonyl (C=O) groups excluding carboxylic acids is 2. The normalized spacial score (nSPS) is 8.11. The first kappa shape index (κ1) is 22.9. The predicted octanol–water partition coefficient (Wildman–Crippen LogP) is 1.80. The zero-order valence-corrected chi connectivity index (χ0v) is 12.2. The monoisotopic (exact) mass is 302 g/mol. The average Bonchev–Trinajstić information content (AvgIpc) is 2.30. The van der Waals surface area contributed by atoms with E-state index in [-0.39, 0.29) is 57.0 Å². The summed E-state index contributed by atoms with van der Waals surface area (Å²) in [6.07, 6.45) is 0. The van der Waals surface area contributed by atoms with Crippen LogP contribution in [0.1, 0.15) is 34.6 Å². The van der Waals surface area contributed by atoms with Crippen LogP contribution in [0.15, 0.2) is 24.3 Å². The van der Waals surface area contributed by atoms with Crippen molar-refractivity contribution >= 4 is 11.9 Å². The van der Waals surface area contributed by atoms with Crippen molar-refractivity contribution in [2.75, 3.05) is 13.2 Å². The van der Waals surface area contributed by atoms with Crippen LogP contribution in [0.5, 0.6) is 0 Å². The second-order valence-corrected chi connectivity index (χ2v) is 2.99. The number of rotatable bonds is 4. The average molecular weight is 302 g/mol. The molecule has 1 aromatic carbocycles. The van der Waals surface area contributed by atoms with Crippen molar-refractivity contribution < 1.29 is 51.7 Å². The Morgan fingerprint density at radius 3 is 1.47 bits per heavy atom. The molecule has 0 fully saturated rings. The topological polar surface area (TPSA) is 110 Å². The number of carbonyl (C=O) groups is 2. The maximum Gasteiger partial charge on any atom is 4.00 e. The van der Waals surface area contributed by atoms with Crippen LogP contribution in [0.3, 0.4) is 0 Å². The van der Waals surface area contributed by atoms with Crippen LogP contribution >= 0.6 is 0 Å². The molecule has 6 nitrogen and oxygen atoms in total. The fourth-order valence-electron chi connectivity index (χ4n) is 1.26. The molecule has 0 unspecified atom stereocenters. The van der Waals surface area contributed by atoms with Gasteiger partial charge in [-0.3, -0.25) is 0 Å². The molecule has 0 atom stereocenters. The fraction of sp³-hybridized carbons (Fsp3) is 0.333. The van der Waals surface area contributed by atoms with Gasteiger partial charge in [0.25, 0.3) is 0 Å². The largest absolute Gasteiger partial charge is 4.00 e. The SMILES string of the molecule is CCOC(=O)c1ccccc1C(=O)OCC.[O-2].[O-2].[Ti+4]. The Labute approximate surface area is 126 Å². The van der Waals surface area contributed by atoms with E-state index in [0.717, 1.165) is 0 Å². The minimum atomic E-state index is -0.508. The number of benzene rings is 1. The summed E-state index contributed by atoms with van der Waals surface area (Å²) >= 11 is 0. The van der Waals surface area contributed by atoms with Gasteiger partial charge in [0.2, 0.25) is 0 Å². The molecule has 0 N–H and O–H groups in total. The summed E-state index contributed by atoms with van der Waals surface area (Å²) in [4.78, 5) is 23.1. The molecule has 0 amide bonds. The van der Waals surface area contributed by atoms with Crippen molar-refractivity contribution in [1.82, 2.24) is 0 Å². The van der Waals surface area contributed by atoms with E-state index in [1.807, 2.05) is 0 Å². The molecule has 0 aliphatic rings. The van der Waals surface area contributed by atoms with Gasteiger partial charge in [-0.25, -0.2) is 9.59 Å². The predicted molar refractivity (Wildman–Crippen MR) is 59.7 cm³/mol. The third-order valence-electron chi connectivity index (χ3n) is 1.92. The van der Waals surface area contributed by atoms with E-state index >= 15 is 0 Å². The van der Waals surface area contributed by atoms with E-state index in [2.05, 4.69) is 0 Å². The summed E-state index contributed by atoms with van der Waals surface area (Å²) in [5, 5.41) is 0. The molecule has 0 spiro atoms. The van der Waals surface area contributed by atoms with Crippen LogP contribution in [-0.4, -0.2) is 25.2 Å². The van der Waals surface area contributed by atoms with Gasteiger partial charge in [0.1, 0.15) is 0 Å². The van der Waals surface area contributed by atoms with E-state index in [1.54, 1.807) is 38.1 Å². The molecule has 19 heavy (non-hydrogen) atoms. The van der Waals surface area contributed by atoms with Gasteiger partial charge in [-0.1, -0.05) is 12.1 Å². The fourth-order valence-corrected chi connectivity index (χ4v) is 1.26. The Hall–Kier alpha value is -1.21. The maximum atomic E-state index is 11.5. The molecule has 0 aromatic heterocycles. The molecule has 0 bridgehead atoms. The molecular weight excluding hydrogens is 288 g/mol. The molecular formula is C12H14O6Ti. The Kier molecular flexibility index (Phi) is 14.3. The van der Waals surface area contributed by atoms with E-state index in [4.69, 9.17) is 9.47 Å². The van der Waals surface area contributed by atoms with Gasteiger partial charge in [-0.05, 0) is 26.0 Å². The van der Waals surface area contributed by atoms with Crippen molar-refractivity contribution in [2.24, 2.45) is 0 Å². The Morgan fingerprint density at radius 1 is 0.895 bits per heavy atom. The molecule has 7 heteroatoms. The first-order chi connectivity index (χ1) is 7.70. The van der Waals surface area contributed by atoms with Gasteiger partial charge >= 0.3 is 33.7 Å². The maximum absolute atomic E-state index is 11.5. The number of hydrogen-bond donors (Lipinski definition) is 0. The van der Waals surface area contributed by atoms with Gasteiger partial charge in [-0.15, -0.1) is 0 Å². The molecule has 0 radical (unpaired) electrons.